The molecule has 0 aliphatic heterocycles. The van der Waals surface area contributed by atoms with Gasteiger partial charge >= 0.3 is 5.97 Å². The summed E-state index contributed by atoms with van der Waals surface area (Å²) >= 11 is 11.6. The number of aryl methyl sites for hydroxylation is 1. The van der Waals surface area contributed by atoms with Crippen molar-refractivity contribution in [1.29, 1.82) is 0 Å². The number of halogens is 2. The van der Waals surface area contributed by atoms with Crippen molar-refractivity contribution < 1.29 is 19.2 Å². The van der Waals surface area contributed by atoms with Gasteiger partial charge in [0.15, 0.2) is 6.61 Å². The van der Waals surface area contributed by atoms with Crippen molar-refractivity contribution >= 4 is 46.5 Å². The number of nitro groups is 1. The summed E-state index contributed by atoms with van der Waals surface area (Å²) in [5.41, 5.74) is 0.496. The Bertz CT molecular complexity index is 854. The topological polar surface area (TPSA) is 98.5 Å². The summed E-state index contributed by atoms with van der Waals surface area (Å²) in [4.78, 5) is 34.2. The van der Waals surface area contributed by atoms with Crippen LogP contribution < -0.4 is 5.32 Å². The average Bonchev–Trinajstić information content (AvgIpc) is 2.54. The van der Waals surface area contributed by atoms with Gasteiger partial charge in [-0.05, 0) is 36.8 Å². The molecule has 1 N–H and O–H groups in total. The molecule has 0 aliphatic carbocycles. The summed E-state index contributed by atoms with van der Waals surface area (Å²) in [6, 6.07) is 8.55. The van der Waals surface area contributed by atoms with Crippen molar-refractivity contribution in [2.45, 2.75) is 6.92 Å². The Morgan fingerprint density at radius 1 is 1.20 bits per heavy atom. The molecule has 0 fully saturated rings. The Labute approximate surface area is 152 Å². The molecule has 0 unspecified atom stereocenters. The molecule has 0 aliphatic rings. The zero-order valence-corrected chi connectivity index (χ0v) is 14.4. The molecule has 0 aromatic heterocycles. The predicted octanol–water partition coefficient (Wildman–Crippen LogP) is 4.01. The fourth-order valence-corrected chi connectivity index (χ4v) is 2.43. The van der Waals surface area contributed by atoms with Gasteiger partial charge in [0, 0.05) is 11.1 Å². The number of hydrogen-bond acceptors (Lipinski definition) is 5. The third-order valence-electron chi connectivity index (χ3n) is 3.11. The van der Waals surface area contributed by atoms with Crippen LogP contribution in [0.25, 0.3) is 0 Å². The van der Waals surface area contributed by atoms with Crippen molar-refractivity contribution in [2.75, 3.05) is 11.9 Å². The Balaban J connectivity index is 2.01. The lowest BCUT2D eigenvalue weighted by Crippen LogP contribution is -2.21. The van der Waals surface area contributed by atoms with Crippen LogP contribution in [-0.2, 0) is 9.53 Å². The van der Waals surface area contributed by atoms with Crippen LogP contribution in [0.3, 0.4) is 0 Å². The Morgan fingerprint density at radius 2 is 1.92 bits per heavy atom. The summed E-state index contributed by atoms with van der Waals surface area (Å²) < 4.78 is 4.86. The van der Waals surface area contributed by atoms with Crippen LogP contribution in [0.5, 0.6) is 0 Å². The fourth-order valence-electron chi connectivity index (χ4n) is 1.95. The second-order valence-corrected chi connectivity index (χ2v) is 5.87. The van der Waals surface area contributed by atoms with Crippen molar-refractivity contribution in [3.05, 3.63) is 67.7 Å². The number of nitro benzene ring substituents is 1. The average molecular weight is 383 g/mol. The first kappa shape index (κ1) is 18.7. The molecule has 0 spiro atoms. The first-order valence-corrected chi connectivity index (χ1v) is 7.70. The molecule has 9 heteroatoms. The summed E-state index contributed by atoms with van der Waals surface area (Å²) in [5.74, 6) is -1.53. The SMILES string of the molecule is Cc1ccc(NC(=O)COC(=O)c2ccc(Cl)cc2Cl)c([N+](=O)[O-])c1. The molecule has 1 amide bonds. The van der Waals surface area contributed by atoms with Gasteiger partial charge in [0.25, 0.3) is 11.6 Å². The van der Waals surface area contributed by atoms with Gasteiger partial charge in [-0.25, -0.2) is 4.79 Å². The second-order valence-electron chi connectivity index (χ2n) is 5.03. The molecule has 25 heavy (non-hydrogen) atoms. The van der Waals surface area contributed by atoms with Crippen LogP contribution in [0, 0.1) is 17.0 Å². The van der Waals surface area contributed by atoms with E-state index >= 15 is 0 Å². The Kier molecular flexibility index (Phi) is 5.95. The molecule has 0 radical (unpaired) electrons. The number of nitrogens with zero attached hydrogens (tertiary/aromatic N) is 1. The highest BCUT2D eigenvalue weighted by atomic mass is 35.5. The fraction of sp³-hybridized carbons (Fsp3) is 0.125. The van der Waals surface area contributed by atoms with Gasteiger partial charge in [-0.15, -0.1) is 0 Å². The first-order chi connectivity index (χ1) is 11.8. The molecular weight excluding hydrogens is 371 g/mol. The van der Waals surface area contributed by atoms with Gasteiger partial charge in [-0.2, -0.15) is 0 Å². The Morgan fingerprint density at radius 3 is 2.56 bits per heavy atom. The number of carbonyl (C=O) groups excluding carboxylic acids is 2. The highest BCUT2D eigenvalue weighted by Gasteiger charge is 2.18. The first-order valence-electron chi connectivity index (χ1n) is 6.95. The van der Waals surface area contributed by atoms with E-state index in [1.807, 2.05) is 0 Å². The normalized spacial score (nSPS) is 10.2. The van der Waals surface area contributed by atoms with E-state index in [-0.39, 0.29) is 22.0 Å². The number of ether oxygens (including phenoxy) is 1. The minimum absolute atomic E-state index is 0.0150. The van der Waals surface area contributed by atoms with E-state index in [1.165, 1.54) is 30.3 Å². The van der Waals surface area contributed by atoms with E-state index in [0.717, 1.165) is 0 Å². The number of amides is 1. The Hall–Kier alpha value is -2.64. The maximum Gasteiger partial charge on any atom is 0.340 e. The van der Waals surface area contributed by atoms with Crippen molar-refractivity contribution in [3.8, 4) is 0 Å². The van der Waals surface area contributed by atoms with Crippen molar-refractivity contribution in [1.82, 2.24) is 0 Å². The largest absolute Gasteiger partial charge is 0.452 e. The number of rotatable bonds is 5. The molecule has 0 atom stereocenters. The van der Waals surface area contributed by atoms with E-state index < -0.39 is 23.4 Å². The molecular formula is C16H12Cl2N2O5. The molecule has 0 heterocycles. The van der Waals surface area contributed by atoms with Gasteiger partial charge < -0.3 is 10.1 Å². The molecule has 0 bridgehead atoms. The standard InChI is InChI=1S/C16H12Cl2N2O5/c1-9-2-5-13(14(6-9)20(23)24)19-15(21)8-25-16(22)11-4-3-10(17)7-12(11)18/h2-7H,8H2,1H3,(H,19,21). The maximum atomic E-state index is 11.9. The van der Waals surface area contributed by atoms with Gasteiger partial charge in [-0.1, -0.05) is 29.3 Å². The van der Waals surface area contributed by atoms with Crippen molar-refractivity contribution in [2.24, 2.45) is 0 Å². The lowest BCUT2D eigenvalue weighted by molar-refractivity contribution is -0.384. The number of nitrogens with one attached hydrogen (secondary N) is 1. The third kappa shape index (κ3) is 4.91. The van der Waals surface area contributed by atoms with E-state index in [1.54, 1.807) is 13.0 Å². The molecule has 130 valence electrons. The summed E-state index contributed by atoms with van der Waals surface area (Å²) in [6.45, 7) is 1.07. The smallest absolute Gasteiger partial charge is 0.340 e. The zero-order chi connectivity index (χ0) is 18.6. The summed E-state index contributed by atoms with van der Waals surface area (Å²) in [6.07, 6.45) is 0. The number of anilines is 1. The van der Waals surface area contributed by atoms with E-state index in [9.17, 15) is 19.7 Å². The van der Waals surface area contributed by atoms with Crippen LogP contribution in [0.15, 0.2) is 36.4 Å². The zero-order valence-electron chi connectivity index (χ0n) is 12.9. The van der Waals surface area contributed by atoms with Crippen LogP contribution >= 0.6 is 23.2 Å². The summed E-state index contributed by atoms with van der Waals surface area (Å²) in [7, 11) is 0. The van der Waals surface area contributed by atoms with Gasteiger partial charge in [0.05, 0.1) is 15.5 Å². The lowest BCUT2D eigenvalue weighted by Gasteiger charge is -2.08. The number of esters is 1. The van der Waals surface area contributed by atoms with E-state index in [2.05, 4.69) is 5.32 Å². The molecule has 7 nitrogen and oxygen atoms in total. The van der Waals surface area contributed by atoms with E-state index in [0.29, 0.717) is 10.6 Å². The van der Waals surface area contributed by atoms with Crippen LogP contribution in [0.2, 0.25) is 10.0 Å². The number of benzene rings is 2. The van der Waals surface area contributed by atoms with Crippen LogP contribution in [0.1, 0.15) is 15.9 Å². The minimum Gasteiger partial charge on any atom is -0.452 e. The second kappa shape index (κ2) is 7.96. The summed E-state index contributed by atoms with van der Waals surface area (Å²) in [5, 5.41) is 13.8. The maximum absolute atomic E-state index is 11.9. The van der Waals surface area contributed by atoms with Crippen LogP contribution in [0.4, 0.5) is 11.4 Å². The lowest BCUT2D eigenvalue weighted by atomic mass is 10.2. The quantitative estimate of drug-likeness (QED) is 0.478. The number of carbonyl (C=O) groups is 2. The van der Waals surface area contributed by atoms with E-state index in [4.69, 9.17) is 27.9 Å². The highest BCUT2D eigenvalue weighted by molar-refractivity contribution is 6.36. The monoisotopic (exact) mass is 382 g/mol. The molecule has 0 saturated heterocycles. The molecule has 2 aromatic rings. The minimum atomic E-state index is -0.810. The van der Waals surface area contributed by atoms with Gasteiger partial charge in [0.2, 0.25) is 0 Å². The molecule has 0 saturated carbocycles. The van der Waals surface area contributed by atoms with Gasteiger partial charge in [-0.3, -0.25) is 14.9 Å². The predicted molar refractivity (Wildman–Crippen MR) is 93.2 cm³/mol. The van der Waals surface area contributed by atoms with Gasteiger partial charge in [0.1, 0.15) is 5.69 Å². The van der Waals surface area contributed by atoms with Crippen molar-refractivity contribution in [3.63, 3.8) is 0 Å². The molecule has 2 rings (SSSR count). The van der Waals surface area contributed by atoms with Crippen LogP contribution in [-0.4, -0.2) is 23.4 Å². The highest BCUT2D eigenvalue weighted by Crippen LogP contribution is 2.25. The number of hydrogen-bond donors (Lipinski definition) is 1. The molecule has 2 aromatic carbocycles. The third-order valence-corrected chi connectivity index (χ3v) is 3.66.